The molecule has 1 aromatic carbocycles. The molecule has 0 spiro atoms. The van der Waals surface area contributed by atoms with Gasteiger partial charge in [-0.1, -0.05) is 18.2 Å². The van der Waals surface area contributed by atoms with Gasteiger partial charge in [-0.15, -0.1) is 6.58 Å². The average Bonchev–Trinajstić information content (AvgIpc) is 2.10. The Morgan fingerprint density at radius 1 is 1.43 bits per heavy atom. The van der Waals surface area contributed by atoms with Gasteiger partial charge in [-0.25, -0.2) is 0 Å². The smallest absolute Gasteiger partial charge is 0.122 e. The van der Waals surface area contributed by atoms with Crippen LogP contribution in [0.15, 0.2) is 30.9 Å². The Balaban J connectivity index is 2.83. The molecule has 0 N–H and O–H groups in total. The molecule has 0 aromatic heterocycles. The number of aryl methyl sites for hydroxylation is 1. The average molecular weight is 190 g/mol. The number of ether oxygens (including phenoxy) is 1. The highest BCUT2D eigenvalue weighted by Crippen LogP contribution is 2.20. The second kappa shape index (κ2) is 4.85. The van der Waals surface area contributed by atoms with Crippen molar-refractivity contribution in [1.82, 2.24) is 0 Å². The number of rotatable bonds is 4. The zero-order valence-electron chi connectivity index (χ0n) is 9.21. The van der Waals surface area contributed by atoms with Gasteiger partial charge in [-0.05, 0) is 44.4 Å². The van der Waals surface area contributed by atoms with Crippen LogP contribution in [0.3, 0.4) is 0 Å². The second-order valence-electron chi connectivity index (χ2n) is 3.76. The predicted molar refractivity (Wildman–Crippen MR) is 60.8 cm³/mol. The molecule has 0 radical (unpaired) electrons. The van der Waals surface area contributed by atoms with Crippen LogP contribution in [0, 0.1) is 6.92 Å². The number of benzene rings is 1. The van der Waals surface area contributed by atoms with Crippen molar-refractivity contribution in [1.29, 1.82) is 0 Å². The third-order valence-electron chi connectivity index (χ3n) is 1.98. The van der Waals surface area contributed by atoms with E-state index >= 15 is 0 Å². The quantitative estimate of drug-likeness (QED) is 0.660. The van der Waals surface area contributed by atoms with E-state index in [1.807, 2.05) is 26.0 Å². The Morgan fingerprint density at radius 3 is 2.64 bits per heavy atom. The van der Waals surface area contributed by atoms with E-state index in [0.29, 0.717) is 0 Å². The summed E-state index contributed by atoms with van der Waals surface area (Å²) in [6.07, 6.45) is 3.07. The Kier molecular flexibility index (Phi) is 3.75. The maximum Gasteiger partial charge on any atom is 0.122 e. The molecular weight excluding hydrogens is 172 g/mol. The van der Waals surface area contributed by atoms with E-state index < -0.39 is 0 Å². The van der Waals surface area contributed by atoms with Gasteiger partial charge in [0.15, 0.2) is 0 Å². The first-order chi connectivity index (χ1) is 6.63. The number of hydrogen-bond donors (Lipinski definition) is 0. The van der Waals surface area contributed by atoms with Gasteiger partial charge in [0.25, 0.3) is 0 Å². The molecule has 0 heterocycles. The van der Waals surface area contributed by atoms with Gasteiger partial charge in [0, 0.05) is 0 Å². The zero-order chi connectivity index (χ0) is 10.6. The van der Waals surface area contributed by atoms with E-state index in [0.717, 1.165) is 12.2 Å². The lowest BCUT2D eigenvalue weighted by molar-refractivity contribution is 0.240. The van der Waals surface area contributed by atoms with Crippen molar-refractivity contribution in [2.75, 3.05) is 0 Å². The van der Waals surface area contributed by atoms with Crippen LogP contribution < -0.4 is 4.74 Å². The molecule has 14 heavy (non-hydrogen) atoms. The SMILES string of the molecule is C=CCc1ccc(OC(C)C)c(C)c1. The molecule has 0 atom stereocenters. The van der Waals surface area contributed by atoms with Gasteiger partial charge >= 0.3 is 0 Å². The molecule has 0 bridgehead atoms. The molecule has 0 unspecified atom stereocenters. The summed E-state index contributed by atoms with van der Waals surface area (Å²) in [5.74, 6) is 0.979. The highest BCUT2D eigenvalue weighted by atomic mass is 16.5. The highest BCUT2D eigenvalue weighted by Gasteiger charge is 2.02. The monoisotopic (exact) mass is 190 g/mol. The highest BCUT2D eigenvalue weighted by molar-refractivity contribution is 5.36. The first-order valence-electron chi connectivity index (χ1n) is 5.00. The minimum atomic E-state index is 0.235. The normalized spacial score (nSPS) is 10.3. The molecule has 0 aliphatic rings. The molecule has 0 fully saturated rings. The summed E-state index contributed by atoms with van der Waals surface area (Å²) in [5.41, 5.74) is 2.48. The number of hydrogen-bond acceptors (Lipinski definition) is 1. The van der Waals surface area contributed by atoms with Gasteiger partial charge in [0.2, 0.25) is 0 Å². The Bertz CT molecular complexity index is 313. The van der Waals surface area contributed by atoms with Crippen molar-refractivity contribution in [3.05, 3.63) is 42.0 Å². The van der Waals surface area contributed by atoms with E-state index in [1.165, 1.54) is 11.1 Å². The minimum Gasteiger partial charge on any atom is -0.491 e. The van der Waals surface area contributed by atoms with Crippen LogP contribution in [-0.2, 0) is 6.42 Å². The van der Waals surface area contributed by atoms with Crippen LogP contribution in [-0.4, -0.2) is 6.10 Å². The maximum atomic E-state index is 5.65. The van der Waals surface area contributed by atoms with Crippen LogP contribution in [0.2, 0.25) is 0 Å². The van der Waals surface area contributed by atoms with Crippen LogP contribution in [0.1, 0.15) is 25.0 Å². The van der Waals surface area contributed by atoms with Gasteiger partial charge in [-0.2, -0.15) is 0 Å². The van der Waals surface area contributed by atoms with Crippen LogP contribution in [0.5, 0.6) is 5.75 Å². The van der Waals surface area contributed by atoms with Crippen molar-refractivity contribution in [2.24, 2.45) is 0 Å². The summed E-state index contributed by atoms with van der Waals surface area (Å²) in [4.78, 5) is 0. The third-order valence-corrected chi connectivity index (χ3v) is 1.98. The largest absolute Gasteiger partial charge is 0.491 e. The van der Waals surface area contributed by atoms with Crippen molar-refractivity contribution in [3.8, 4) is 5.75 Å². The van der Waals surface area contributed by atoms with Crippen molar-refractivity contribution < 1.29 is 4.74 Å². The third kappa shape index (κ3) is 2.91. The molecule has 1 aromatic rings. The molecule has 76 valence electrons. The van der Waals surface area contributed by atoms with Crippen LogP contribution in [0.4, 0.5) is 0 Å². The molecule has 1 rings (SSSR count). The fourth-order valence-electron chi connectivity index (χ4n) is 1.39. The van der Waals surface area contributed by atoms with Gasteiger partial charge in [-0.3, -0.25) is 0 Å². The summed E-state index contributed by atoms with van der Waals surface area (Å²) in [7, 11) is 0. The second-order valence-corrected chi connectivity index (χ2v) is 3.76. The first kappa shape index (κ1) is 10.8. The maximum absolute atomic E-state index is 5.65. The van der Waals surface area contributed by atoms with E-state index in [-0.39, 0.29) is 6.10 Å². The lowest BCUT2D eigenvalue weighted by Gasteiger charge is -2.12. The molecule has 1 nitrogen and oxygen atoms in total. The van der Waals surface area contributed by atoms with E-state index in [2.05, 4.69) is 25.6 Å². The summed E-state index contributed by atoms with van der Waals surface area (Å²) in [6, 6.07) is 6.28. The fourth-order valence-corrected chi connectivity index (χ4v) is 1.39. The Morgan fingerprint density at radius 2 is 2.14 bits per heavy atom. The predicted octanol–water partition coefficient (Wildman–Crippen LogP) is 3.51. The van der Waals surface area contributed by atoms with Crippen molar-refractivity contribution in [2.45, 2.75) is 33.3 Å². The Hall–Kier alpha value is -1.24. The van der Waals surface area contributed by atoms with E-state index in [4.69, 9.17) is 4.74 Å². The Labute approximate surface area is 86.4 Å². The summed E-state index contributed by atoms with van der Waals surface area (Å²) < 4.78 is 5.65. The van der Waals surface area contributed by atoms with Crippen LogP contribution in [0.25, 0.3) is 0 Å². The minimum absolute atomic E-state index is 0.235. The summed E-state index contributed by atoms with van der Waals surface area (Å²) >= 11 is 0. The van der Waals surface area contributed by atoms with Gasteiger partial charge in [0.1, 0.15) is 5.75 Å². The fraction of sp³-hybridized carbons (Fsp3) is 0.385. The van der Waals surface area contributed by atoms with E-state index in [9.17, 15) is 0 Å². The first-order valence-corrected chi connectivity index (χ1v) is 5.00. The van der Waals surface area contributed by atoms with Crippen molar-refractivity contribution in [3.63, 3.8) is 0 Å². The molecule has 0 aliphatic heterocycles. The number of allylic oxidation sites excluding steroid dienone is 1. The summed E-state index contributed by atoms with van der Waals surface area (Å²) in [5, 5.41) is 0. The van der Waals surface area contributed by atoms with Crippen molar-refractivity contribution >= 4 is 0 Å². The summed E-state index contributed by atoms with van der Waals surface area (Å²) in [6.45, 7) is 9.88. The lowest BCUT2D eigenvalue weighted by Crippen LogP contribution is -2.06. The molecule has 0 saturated heterocycles. The zero-order valence-corrected chi connectivity index (χ0v) is 9.21. The molecular formula is C13H18O. The molecule has 0 amide bonds. The topological polar surface area (TPSA) is 9.23 Å². The van der Waals surface area contributed by atoms with E-state index in [1.54, 1.807) is 0 Å². The van der Waals surface area contributed by atoms with Crippen LogP contribution >= 0.6 is 0 Å². The molecule has 0 saturated carbocycles. The lowest BCUT2D eigenvalue weighted by atomic mass is 10.1. The van der Waals surface area contributed by atoms with Gasteiger partial charge < -0.3 is 4.74 Å². The van der Waals surface area contributed by atoms with Gasteiger partial charge in [0.05, 0.1) is 6.10 Å². The molecule has 1 heteroatoms. The molecule has 0 aliphatic carbocycles. The standard InChI is InChI=1S/C13H18O/c1-5-6-12-7-8-13(11(4)9-12)14-10(2)3/h5,7-10H,1,6H2,2-4H3.